The number of carbonyl (C=O) groups is 2. The zero-order valence-corrected chi connectivity index (χ0v) is 29.3. The number of Topliss-reactive ketones (excluding diaryl/α,β-unsaturated/α-hetero) is 2. The first kappa shape index (κ1) is 36.3. The van der Waals surface area contributed by atoms with Gasteiger partial charge in [-0.3, -0.25) is 15.7 Å². The van der Waals surface area contributed by atoms with Gasteiger partial charge in [0.2, 0.25) is 0 Å². The van der Waals surface area contributed by atoms with Crippen LogP contribution in [-0.4, -0.2) is 11.6 Å². The van der Waals surface area contributed by atoms with Crippen molar-refractivity contribution >= 4 is 46.9 Å². The van der Waals surface area contributed by atoms with Crippen LogP contribution in [0.4, 0.5) is 0 Å². The third kappa shape index (κ3) is 14.4. The molecule has 1 aliphatic carbocycles. The van der Waals surface area contributed by atoms with Gasteiger partial charge in [0, 0.05) is 20.9 Å². The predicted octanol–water partition coefficient (Wildman–Crippen LogP) is 11.0. The van der Waals surface area contributed by atoms with Gasteiger partial charge >= 0.3 is 19.8 Å². The van der Waals surface area contributed by atoms with Gasteiger partial charge in [-0.1, -0.05) is 51.5 Å². The molecule has 0 fully saturated rings. The molecule has 4 aromatic rings. The van der Waals surface area contributed by atoms with Gasteiger partial charge in [0.05, 0.1) is 0 Å². The molecule has 5 rings (SSSR count). The fraction of sp³-hybridized carbons (Fsp3) is 0.135. The van der Waals surface area contributed by atoms with Gasteiger partial charge in [-0.05, 0) is 50.4 Å². The fourth-order valence-electron chi connectivity index (χ4n) is 3.44. The number of rotatable bonds is 8. The van der Waals surface area contributed by atoms with E-state index in [2.05, 4.69) is 29.7 Å². The predicted molar refractivity (Wildman–Crippen MR) is 179 cm³/mol. The molecule has 0 aromatic heterocycles. The Bertz CT molecular complexity index is 1480. The Morgan fingerprint density at radius 1 is 0.674 bits per heavy atom. The van der Waals surface area contributed by atoms with Crippen LogP contribution in [0.25, 0.3) is 0 Å². The third-order valence-corrected chi connectivity index (χ3v) is 8.70. The van der Waals surface area contributed by atoms with Gasteiger partial charge in [-0.15, -0.1) is 41.7 Å². The number of carbonyl (C=O) groups excluding carboxylic acids is 2. The second-order valence-electron chi connectivity index (χ2n) is 8.93. The molecular weight excluding hydrogens is 763 g/mol. The molecule has 0 bridgehead atoms. The first-order valence-electron chi connectivity index (χ1n) is 13.5. The van der Waals surface area contributed by atoms with Crippen molar-refractivity contribution in [3.05, 3.63) is 155 Å². The number of ketones is 2. The van der Waals surface area contributed by atoms with E-state index in [1.165, 1.54) is 19.6 Å². The van der Waals surface area contributed by atoms with E-state index in [4.69, 9.17) is 0 Å². The minimum atomic E-state index is 0. The summed E-state index contributed by atoms with van der Waals surface area (Å²) in [5, 5.41) is 2.06. The second-order valence-corrected chi connectivity index (χ2v) is 12.3. The summed E-state index contributed by atoms with van der Waals surface area (Å²) >= 11 is 5.16. The van der Waals surface area contributed by atoms with Crippen molar-refractivity contribution < 1.29 is 29.4 Å². The van der Waals surface area contributed by atoms with Crippen LogP contribution in [0.1, 0.15) is 54.3 Å². The molecule has 0 heterocycles. The zero-order chi connectivity index (χ0) is 30.0. The smallest absolute Gasteiger partial charge is 0.295 e. The van der Waals surface area contributed by atoms with Crippen molar-refractivity contribution in [2.75, 3.05) is 0 Å². The van der Waals surface area contributed by atoms with E-state index in [1.807, 2.05) is 116 Å². The van der Waals surface area contributed by atoms with E-state index in [0.717, 1.165) is 28.9 Å². The van der Waals surface area contributed by atoms with Crippen molar-refractivity contribution in [1.82, 2.24) is 0 Å². The molecule has 4 aromatic carbocycles. The summed E-state index contributed by atoms with van der Waals surface area (Å²) in [7, 11) is 0. The molecule has 0 amide bonds. The summed E-state index contributed by atoms with van der Waals surface area (Å²) < 4.78 is 0. The Labute approximate surface area is 282 Å². The van der Waals surface area contributed by atoms with Crippen LogP contribution in [0.3, 0.4) is 0 Å². The average molecular weight is 796 g/mol. The molecular formula is C37H33O2OsS3+. The Morgan fingerprint density at radius 3 is 1.58 bits per heavy atom. The minimum absolute atomic E-state index is 0. The number of hydrogen-bond donors (Lipinski definition) is 0. The maximum absolute atomic E-state index is 11.1. The Morgan fingerprint density at radius 2 is 1.14 bits per heavy atom. The van der Waals surface area contributed by atoms with Crippen LogP contribution in [0.5, 0.6) is 0 Å². The summed E-state index contributed by atoms with van der Waals surface area (Å²) in [4.78, 5) is 28.3. The van der Waals surface area contributed by atoms with Gasteiger partial charge in [-0.2, -0.15) is 60.7 Å². The standard InChI is InChI=1S/C14H13OS.C14H11OS.C9H9S.Os/c2*1-11(15)12-7-9-14(10-8-12)16-13-5-3-2-4-6-13;1-2-8-10-9-6-4-3-5-7-9;/h3,5,7-10H,4,6H2,1H3;3-10H,1H3;2,4-8H,1H3;/q3*-1;+4/b;;8-2+;. The fourth-order valence-corrected chi connectivity index (χ4v) is 5.76. The molecule has 0 saturated heterocycles. The van der Waals surface area contributed by atoms with E-state index in [-0.39, 0.29) is 31.4 Å². The quantitative estimate of drug-likeness (QED) is 0.101. The number of allylic oxidation sites excluding steroid dienone is 5. The van der Waals surface area contributed by atoms with Crippen LogP contribution >= 0.6 is 35.3 Å². The van der Waals surface area contributed by atoms with Crippen LogP contribution in [-0.2, 0) is 19.8 Å². The van der Waals surface area contributed by atoms with E-state index in [0.29, 0.717) is 0 Å². The molecule has 0 N–H and O–H groups in total. The molecule has 218 valence electrons. The largest absolute Gasteiger partial charge is 4.00 e. The Hall–Kier alpha value is -2.87. The molecule has 0 atom stereocenters. The molecule has 1 aliphatic rings. The molecule has 0 radical (unpaired) electrons. The van der Waals surface area contributed by atoms with Gasteiger partial charge in [0.25, 0.3) is 0 Å². The van der Waals surface area contributed by atoms with E-state index in [1.54, 1.807) is 49.1 Å². The molecule has 0 spiro atoms. The van der Waals surface area contributed by atoms with Crippen molar-refractivity contribution in [2.24, 2.45) is 0 Å². The molecule has 2 nitrogen and oxygen atoms in total. The average Bonchev–Trinajstić information content (AvgIpc) is 3.03. The minimum Gasteiger partial charge on any atom is -0.295 e. The second kappa shape index (κ2) is 20.9. The Balaban J connectivity index is 0.000000229. The number of thioether (sulfide) groups is 2. The summed E-state index contributed by atoms with van der Waals surface area (Å²) in [6, 6.07) is 37.2. The van der Waals surface area contributed by atoms with Gasteiger partial charge in [-0.25, -0.2) is 12.2 Å². The number of benzene rings is 4. The third-order valence-electron chi connectivity index (χ3n) is 5.62. The van der Waals surface area contributed by atoms with E-state index < -0.39 is 0 Å². The molecule has 6 heteroatoms. The molecule has 0 saturated carbocycles. The monoisotopic (exact) mass is 797 g/mol. The SMILES string of the molecule is C/C=C/Sc1cc[c-]cc1.CC(=O)c1ccc(SC2=CC=[C-]CC2)cc1.CC(=O)c1ccc(Sc2cc[c-]cc2)cc1.[Os+4]. The molecule has 43 heavy (non-hydrogen) atoms. The van der Waals surface area contributed by atoms with Crippen molar-refractivity contribution in [3.63, 3.8) is 0 Å². The first-order chi connectivity index (χ1) is 20.4. The van der Waals surface area contributed by atoms with Crippen LogP contribution in [0, 0.1) is 18.2 Å². The first-order valence-corrected chi connectivity index (χ1v) is 16.0. The van der Waals surface area contributed by atoms with E-state index >= 15 is 0 Å². The summed E-state index contributed by atoms with van der Waals surface area (Å²) in [6.07, 6.45) is 11.3. The van der Waals surface area contributed by atoms with Gasteiger partial charge in [0.15, 0.2) is 11.6 Å². The van der Waals surface area contributed by atoms with Crippen LogP contribution in [0.15, 0.2) is 145 Å². The van der Waals surface area contributed by atoms with Gasteiger partial charge < -0.3 is 0 Å². The van der Waals surface area contributed by atoms with Crippen LogP contribution in [0.2, 0.25) is 0 Å². The topological polar surface area (TPSA) is 34.1 Å². The zero-order valence-electron chi connectivity index (χ0n) is 24.4. The molecule has 0 unspecified atom stereocenters. The summed E-state index contributed by atoms with van der Waals surface area (Å²) in [5.74, 6) is 0.219. The molecule has 0 aliphatic heterocycles. The summed E-state index contributed by atoms with van der Waals surface area (Å²) in [6.45, 7) is 5.18. The normalized spacial score (nSPS) is 11.7. The van der Waals surface area contributed by atoms with Crippen LogP contribution < -0.4 is 0 Å². The van der Waals surface area contributed by atoms with Crippen molar-refractivity contribution in [3.8, 4) is 0 Å². The number of hydrogen-bond acceptors (Lipinski definition) is 5. The maximum Gasteiger partial charge on any atom is 4.00 e. The Kier molecular flexibility index (Phi) is 17.7. The van der Waals surface area contributed by atoms with E-state index in [9.17, 15) is 9.59 Å². The van der Waals surface area contributed by atoms with Crippen molar-refractivity contribution in [1.29, 1.82) is 0 Å². The van der Waals surface area contributed by atoms with Gasteiger partial charge in [0.1, 0.15) is 0 Å². The van der Waals surface area contributed by atoms with Crippen molar-refractivity contribution in [2.45, 2.75) is 53.2 Å². The summed E-state index contributed by atoms with van der Waals surface area (Å²) in [5.41, 5.74) is 1.53. The maximum atomic E-state index is 11.1.